The first-order chi connectivity index (χ1) is 3.47. The van der Waals surface area contributed by atoms with Crippen molar-refractivity contribution in [3.63, 3.8) is 0 Å². The van der Waals surface area contributed by atoms with E-state index in [2.05, 4.69) is 5.32 Å². The summed E-state index contributed by atoms with van der Waals surface area (Å²) < 4.78 is 0. The number of fused-ring (bicyclic) bond motifs is 1. The summed E-state index contributed by atoms with van der Waals surface area (Å²) in [5.74, 6) is 1.08. The first kappa shape index (κ1) is 3.90. The Labute approximate surface area is 44.1 Å². The molecular weight excluding hydrogens is 86.1 g/mol. The van der Waals surface area contributed by atoms with Crippen LogP contribution in [-0.2, 0) is 0 Å². The van der Waals surface area contributed by atoms with E-state index in [9.17, 15) is 0 Å². The number of rotatable bonds is 0. The van der Waals surface area contributed by atoms with Gasteiger partial charge in [0.15, 0.2) is 0 Å². The van der Waals surface area contributed by atoms with Gasteiger partial charge >= 0.3 is 0 Å². The molecule has 1 N–H and O–H groups in total. The molecule has 1 heterocycles. The maximum Gasteiger partial charge on any atom is 0.0108 e. The van der Waals surface area contributed by atoms with Crippen LogP contribution in [0.4, 0.5) is 0 Å². The van der Waals surface area contributed by atoms with Gasteiger partial charge < -0.3 is 5.32 Å². The van der Waals surface area contributed by atoms with Crippen molar-refractivity contribution in [2.45, 2.75) is 25.3 Å². The molecule has 0 amide bonds. The molecule has 0 aromatic rings. The standard InChI is InChI=1S/C6H11N/c1-2-5-4-7-6(5)3-1/h5-7H,1-4H2/t5-,6-/m1/s1. The second-order valence-corrected chi connectivity index (χ2v) is 2.71. The third-order valence-electron chi connectivity index (χ3n) is 2.30. The van der Waals surface area contributed by atoms with Gasteiger partial charge in [-0.3, -0.25) is 0 Å². The maximum absolute atomic E-state index is 3.41. The molecule has 0 radical (unpaired) electrons. The summed E-state index contributed by atoms with van der Waals surface area (Å²) in [5, 5.41) is 3.41. The zero-order chi connectivity index (χ0) is 4.69. The Balaban J connectivity index is 2.03. The van der Waals surface area contributed by atoms with Crippen molar-refractivity contribution in [3.8, 4) is 0 Å². The Kier molecular flexibility index (Phi) is 0.680. The molecule has 2 atom stereocenters. The molecule has 0 bridgehead atoms. The summed E-state index contributed by atoms with van der Waals surface area (Å²) in [5.41, 5.74) is 0. The van der Waals surface area contributed by atoms with E-state index < -0.39 is 0 Å². The minimum Gasteiger partial charge on any atom is -0.313 e. The first-order valence-corrected chi connectivity index (χ1v) is 3.20. The van der Waals surface area contributed by atoms with Crippen LogP contribution in [0.2, 0.25) is 0 Å². The minimum atomic E-state index is 0.944. The van der Waals surface area contributed by atoms with Gasteiger partial charge in [-0.1, -0.05) is 6.42 Å². The highest BCUT2D eigenvalue weighted by molar-refractivity contribution is 4.92. The molecule has 1 saturated heterocycles. The number of hydrogen-bond donors (Lipinski definition) is 1. The fraction of sp³-hybridized carbons (Fsp3) is 1.00. The zero-order valence-electron chi connectivity index (χ0n) is 4.48. The highest BCUT2D eigenvalue weighted by Crippen LogP contribution is 2.30. The van der Waals surface area contributed by atoms with E-state index in [4.69, 9.17) is 0 Å². The van der Waals surface area contributed by atoms with Gasteiger partial charge in [0.05, 0.1) is 0 Å². The van der Waals surface area contributed by atoms with Gasteiger partial charge in [-0.2, -0.15) is 0 Å². The summed E-state index contributed by atoms with van der Waals surface area (Å²) >= 11 is 0. The van der Waals surface area contributed by atoms with Crippen LogP contribution in [-0.4, -0.2) is 12.6 Å². The predicted molar refractivity (Wildman–Crippen MR) is 29.1 cm³/mol. The van der Waals surface area contributed by atoms with Crippen LogP contribution in [0.25, 0.3) is 0 Å². The molecule has 2 aliphatic rings. The van der Waals surface area contributed by atoms with E-state index in [-0.39, 0.29) is 0 Å². The second-order valence-electron chi connectivity index (χ2n) is 2.71. The first-order valence-electron chi connectivity index (χ1n) is 3.20. The van der Waals surface area contributed by atoms with Crippen molar-refractivity contribution < 1.29 is 0 Å². The SMILES string of the molecule is C1C[C@@H]2CN[C@@H]2C1. The molecule has 0 aromatic heterocycles. The van der Waals surface area contributed by atoms with Gasteiger partial charge in [-0.25, -0.2) is 0 Å². The molecule has 1 aliphatic carbocycles. The van der Waals surface area contributed by atoms with E-state index in [1.165, 1.54) is 25.8 Å². The largest absolute Gasteiger partial charge is 0.313 e. The van der Waals surface area contributed by atoms with Crippen LogP contribution in [0.3, 0.4) is 0 Å². The molecule has 2 rings (SSSR count). The van der Waals surface area contributed by atoms with Crippen LogP contribution >= 0.6 is 0 Å². The van der Waals surface area contributed by atoms with Gasteiger partial charge in [-0.05, 0) is 25.3 Å². The Morgan fingerprint density at radius 1 is 1.29 bits per heavy atom. The minimum absolute atomic E-state index is 0.944. The summed E-state index contributed by atoms with van der Waals surface area (Å²) in [7, 11) is 0. The molecular formula is C6H11N. The topological polar surface area (TPSA) is 12.0 Å². The van der Waals surface area contributed by atoms with Gasteiger partial charge in [-0.15, -0.1) is 0 Å². The summed E-state index contributed by atoms with van der Waals surface area (Å²) in [4.78, 5) is 0. The van der Waals surface area contributed by atoms with Crippen molar-refractivity contribution in [1.29, 1.82) is 0 Å². The Bertz CT molecular complexity index is 70.2. The molecule has 1 nitrogen and oxygen atoms in total. The van der Waals surface area contributed by atoms with Crippen LogP contribution < -0.4 is 5.32 Å². The van der Waals surface area contributed by atoms with E-state index in [0.29, 0.717) is 0 Å². The molecule has 2 fully saturated rings. The molecule has 1 heteroatoms. The Hall–Kier alpha value is -0.0400. The smallest absolute Gasteiger partial charge is 0.0108 e. The maximum atomic E-state index is 3.41. The zero-order valence-corrected chi connectivity index (χ0v) is 4.48. The lowest BCUT2D eigenvalue weighted by Gasteiger charge is -2.31. The van der Waals surface area contributed by atoms with Crippen molar-refractivity contribution in [1.82, 2.24) is 5.32 Å². The quantitative estimate of drug-likeness (QED) is 0.470. The molecule has 0 spiro atoms. The van der Waals surface area contributed by atoms with Crippen molar-refractivity contribution >= 4 is 0 Å². The average molecular weight is 97.2 g/mol. The van der Waals surface area contributed by atoms with Gasteiger partial charge in [0, 0.05) is 6.04 Å². The lowest BCUT2D eigenvalue weighted by atomic mass is 9.96. The fourth-order valence-electron chi connectivity index (χ4n) is 1.69. The fourth-order valence-corrected chi connectivity index (χ4v) is 1.69. The average Bonchev–Trinajstić information content (AvgIpc) is 1.85. The second kappa shape index (κ2) is 1.22. The summed E-state index contributed by atoms with van der Waals surface area (Å²) in [6, 6.07) is 0.944. The van der Waals surface area contributed by atoms with Crippen LogP contribution in [0.5, 0.6) is 0 Å². The van der Waals surface area contributed by atoms with Gasteiger partial charge in [0.2, 0.25) is 0 Å². The number of hydrogen-bond acceptors (Lipinski definition) is 1. The van der Waals surface area contributed by atoms with E-state index >= 15 is 0 Å². The third kappa shape index (κ3) is 0.418. The predicted octanol–water partition coefficient (Wildman–Crippen LogP) is 0.758. The third-order valence-corrected chi connectivity index (χ3v) is 2.30. The van der Waals surface area contributed by atoms with Crippen LogP contribution in [0.1, 0.15) is 19.3 Å². The van der Waals surface area contributed by atoms with E-state index in [0.717, 1.165) is 12.0 Å². The van der Waals surface area contributed by atoms with Crippen molar-refractivity contribution in [2.24, 2.45) is 5.92 Å². The lowest BCUT2D eigenvalue weighted by Crippen LogP contribution is -2.49. The normalized spacial score (nSPS) is 48.0. The molecule has 7 heavy (non-hydrogen) atoms. The number of nitrogens with one attached hydrogen (secondary N) is 1. The monoisotopic (exact) mass is 97.1 g/mol. The molecule has 0 unspecified atom stereocenters. The highest BCUT2D eigenvalue weighted by atomic mass is 15.0. The van der Waals surface area contributed by atoms with Gasteiger partial charge in [0.1, 0.15) is 0 Å². The summed E-state index contributed by atoms with van der Waals surface area (Å²) in [6.45, 7) is 1.31. The highest BCUT2D eigenvalue weighted by Gasteiger charge is 2.33. The van der Waals surface area contributed by atoms with Crippen LogP contribution in [0.15, 0.2) is 0 Å². The molecule has 1 saturated carbocycles. The van der Waals surface area contributed by atoms with Crippen molar-refractivity contribution in [3.05, 3.63) is 0 Å². The van der Waals surface area contributed by atoms with Crippen molar-refractivity contribution in [2.75, 3.05) is 6.54 Å². The van der Waals surface area contributed by atoms with Gasteiger partial charge in [0.25, 0.3) is 0 Å². The molecule has 0 aromatic carbocycles. The Morgan fingerprint density at radius 3 is 2.57 bits per heavy atom. The molecule has 40 valence electrons. The lowest BCUT2D eigenvalue weighted by molar-refractivity contribution is 0.274. The van der Waals surface area contributed by atoms with Crippen LogP contribution in [0, 0.1) is 5.92 Å². The van der Waals surface area contributed by atoms with E-state index in [1.54, 1.807) is 0 Å². The summed E-state index contributed by atoms with van der Waals surface area (Å²) in [6.07, 6.45) is 4.42. The van der Waals surface area contributed by atoms with E-state index in [1.807, 2.05) is 0 Å². The molecule has 1 aliphatic heterocycles. The Morgan fingerprint density at radius 2 is 2.29 bits per heavy atom.